The Hall–Kier alpha value is -1.30. The smallest absolute Gasteiger partial charge is 0.328 e. The van der Waals surface area contributed by atoms with Crippen LogP contribution in [0.5, 0.6) is 0 Å². The van der Waals surface area contributed by atoms with Crippen LogP contribution in [-0.2, 0) is 11.8 Å². The zero-order chi connectivity index (χ0) is 9.68. The van der Waals surface area contributed by atoms with Gasteiger partial charge in [0, 0.05) is 18.9 Å². The zero-order valence-corrected chi connectivity index (χ0v) is 7.86. The lowest BCUT2D eigenvalue weighted by Gasteiger charge is -1.94. The Labute approximate surface area is 79.5 Å². The molecule has 0 saturated carbocycles. The molecule has 0 aliphatic carbocycles. The Morgan fingerprint density at radius 3 is 3.15 bits per heavy atom. The lowest BCUT2D eigenvalue weighted by molar-refractivity contribution is -0.131. The molecule has 6 heteroatoms. The van der Waals surface area contributed by atoms with Crippen LogP contribution in [0.1, 0.15) is 0 Å². The first kappa shape index (κ1) is 9.79. The molecular formula is C7H9N3O2S. The van der Waals surface area contributed by atoms with Crippen LogP contribution in [-0.4, -0.2) is 31.6 Å². The fourth-order valence-corrected chi connectivity index (χ4v) is 1.39. The summed E-state index contributed by atoms with van der Waals surface area (Å²) in [5.74, 6) is -0.350. The van der Waals surface area contributed by atoms with E-state index in [1.807, 2.05) is 0 Å². The molecule has 13 heavy (non-hydrogen) atoms. The number of carboxylic acid groups (broad SMARTS) is 1. The number of aromatic nitrogens is 3. The fourth-order valence-electron chi connectivity index (χ4n) is 0.688. The molecule has 70 valence electrons. The number of thioether (sulfide) groups is 1. The number of carboxylic acids is 1. The summed E-state index contributed by atoms with van der Waals surface area (Å²) in [5.41, 5.74) is 0. The number of hydrogen-bond donors (Lipinski definition) is 1. The second-order valence-electron chi connectivity index (χ2n) is 2.22. The molecule has 0 atom stereocenters. The van der Waals surface area contributed by atoms with Crippen molar-refractivity contribution in [2.75, 3.05) is 5.75 Å². The maximum absolute atomic E-state index is 10.1. The van der Waals surface area contributed by atoms with Crippen molar-refractivity contribution in [2.24, 2.45) is 7.05 Å². The summed E-state index contributed by atoms with van der Waals surface area (Å²) in [4.78, 5) is 14.1. The molecule has 0 radical (unpaired) electrons. The number of aryl methyl sites for hydroxylation is 1. The number of nitrogens with zero attached hydrogens (tertiary/aromatic N) is 3. The van der Waals surface area contributed by atoms with Gasteiger partial charge in [-0.1, -0.05) is 17.8 Å². The molecule has 0 aliphatic rings. The summed E-state index contributed by atoms with van der Waals surface area (Å²) in [5, 5.41) is 12.9. The summed E-state index contributed by atoms with van der Waals surface area (Å²) < 4.78 is 1.64. The Morgan fingerprint density at radius 2 is 2.62 bits per heavy atom. The number of rotatable bonds is 4. The van der Waals surface area contributed by atoms with Gasteiger partial charge in [-0.05, 0) is 0 Å². The summed E-state index contributed by atoms with van der Waals surface area (Å²) in [6.07, 6.45) is 4.15. The molecule has 5 nitrogen and oxygen atoms in total. The van der Waals surface area contributed by atoms with E-state index < -0.39 is 5.97 Å². The Balaban J connectivity index is 2.36. The van der Waals surface area contributed by atoms with Gasteiger partial charge in [0.25, 0.3) is 0 Å². The van der Waals surface area contributed by atoms with Gasteiger partial charge < -0.3 is 5.11 Å². The highest BCUT2D eigenvalue weighted by molar-refractivity contribution is 7.99. The monoisotopic (exact) mass is 199 g/mol. The third-order valence-electron chi connectivity index (χ3n) is 1.24. The molecule has 0 aromatic carbocycles. The molecule has 0 fully saturated rings. The van der Waals surface area contributed by atoms with Crippen LogP contribution in [0.4, 0.5) is 0 Å². The molecule has 0 unspecified atom stereocenters. The van der Waals surface area contributed by atoms with Gasteiger partial charge in [0.05, 0.1) is 0 Å². The third kappa shape index (κ3) is 3.29. The predicted octanol–water partition coefficient (Wildman–Crippen LogP) is 0.548. The molecule has 1 aromatic rings. The fraction of sp³-hybridized carbons (Fsp3) is 0.286. The molecule has 1 N–H and O–H groups in total. The molecule has 0 spiro atoms. The van der Waals surface area contributed by atoms with Gasteiger partial charge in [0.2, 0.25) is 0 Å². The van der Waals surface area contributed by atoms with Crippen molar-refractivity contribution in [3.63, 3.8) is 0 Å². The van der Waals surface area contributed by atoms with E-state index in [0.717, 1.165) is 11.2 Å². The standard InChI is InChI=1S/C7H9N3O2S/c1-10-7(8-5-9-10)13-4-2-3-6(11)12/h2-3,5H,4H2,1H3,(H,11,12)/b3-2+. The van der Waals surface area contributed by atoms with Crippen LogP contribution < -0.4 is 0 Å². The molecule has 1 heterocycles. The maximum atomic E-state index is 10.1. The first-order valence-corrected chi connectivity index (χ1v) is 4.55. The highest BCUT2D eigenvalue weighted by Crippen LogP contribution is 2.12. The van der Waals surface area contributed by atoms with E-state index in [-0.39, 0.29) is 0 Å². The lowest BCUT2D eigenvalue weighted by atomic mass is 10.5. The van der Waals surface area contributed by atoms with Gasteiger partial charge in [-0.3, -0.25) is 0 Å². The largest absolute Gasteiger partial charge is 0.478 e. The molecule has 0 saturated heterocycles. The van der Waals surface area contributed by atoms with Crippen LogP contribution in [0.25, 0.3) is 0 Å². The van der Waals surface area contributed by atoms with Crippen molar-refractivity contribution in [2.45, 2.75) is 5.16 Å². The van der Waals surface area contributed by atoms with Crippen molar-refractivity contribution in [3.8, 4) is 0 Å². The number of hydrogen-bond acceptors (Lipinski definition) is 4. The van der Waals surface area contributed by atoms with Crippen molar-refractivity contribution < 1.29 is 9.90 Å². The summed E-state index contributed by atoms with van der Waals surface area (Å²) in [6.45, 7) is 0. The molecule has 1 aromatic heterocycles. The van der Waals surface area contributed by atoms with Crippen LogP contribution >= 0.6 is 11.8 Å². The van der Waals surface area contributed by atoms with Gasteiger partial charge in [-0.2, -0.15) is 5.10 Å². The van der Waals surface area contributed by atoms with E-state index in [2.05, 4.69) is 10.1 Å². The van der Waals surface area contributed by atoms with Crippen LogP contribution in [0.15, 0.2) is 23.6 Å². The van der Waals surface area contributed by atoms with Crippen molar-refractivity contribution in [1.82, 2.24) is 14.8 Å². The maximum Gasteiger partial charge on any atom is 0.328 e. The van der Waals surface area contributed by atoms with E-state index in [1.165, 1.54) is 18.1 Å². The van der Waals surface area contributed by atoms with Gasteiger partial charge >= 0.3 is 5.97 Å². The lowest BCUT2D eigenvalue weighted by Crippen LogP contribution is -1.93. The second kappa shape index (κ2) is 4.66. The van der Waals surface area contributed by atoms with Crippen molar-refractivity contribution >= 4 is 17.7 Å². The van der Waals surface area contributed by atoms with Gasteiger partial charge in [-0.25, -0.2) is 14.5 Å². The van der Waals surface area contributed by atoms with Gasteiger partial charge in [0.15, 0.2) is 5.16 Å². The van der Waals surface area contributed by atoms with Crippen LogP contribution in [0.3, 0.4) is 0 Å². The van der Waals surface area contributed by atoms with Crippen molar-refractivity contribution in [3.05, 3.63) is 18.5 Å². The Bertz CT molecular complexity index is 321. The van der Waals surface area contributed by atoms with Gasteiger partial charge in [-0.15, -0.1) is 0 Å². The third-order valence-corrected chi connectivity index (χ3v) is 2.23. The summed E-state index contributed by atoms with van der Waals surface area (Å²) in [6, 6.07) is 0. The van der Waals surface area contributed by atoms with E-state index in [4.69, 9.17) is 5.11 Å². The van der Waals surface area contributed by atoms with Crippen molar-refractivity contribution in [1.29, 1.82) is 0 Å². The highest BCUT2D eigenvalue weighted by atomic mass is 32.2. The number of carbonyl (C=O) groups is 1. The molecule has 0 bridgehead atoms. The summed E-state index contributed by atoms with van der Waals surface area (Å²) in [7, 11) is 1.79. The zero-order valence-electron chi connectivity index (χ0n) is 7.04. The normalized spacial score (nSPS) is 10.8. The number of aliphatic carboxylic acids is 1. The van der Waals surface area contributed by atoms with Crippen LogP contribution in [0, 0.1) is 0 Å². The van der Waals surface area contributed by atoms with E-state index in [0.29, 0.717) is 5.75 Å². The molecule has 1 rings (SSSR count). The summed E-state index contributed by atoms with van der Waals surface area (Å²) >= 11 is 1.43. The minimum absolute atomic E-state index is 0.582. The quantitative estimate of drug-likeness (QED) is 0.566. The molecule has 0 amide bonds. The van der Waals surface area contributed by atoms with E-state index >= 15 is 0 Å². The SMILES string of the molecule is Cn1ncnc1SC/C=C/C(=O)O. The van der Waals surface area contributed by atoms with Gasteiger partial charge in [0.1, 0.15) is 6.33 Å². The Morgan fingerprint density at radius 1 is 1.85 bits per heavy atom. The predicted molar refractivity (Wildman–Crippen MR) is 48.5 cm³/mol. The molecule has 0 aliphatic heterocycles. The van der Waals surface area contributed by atoms with Crippen LogP contribution in [0.2, 0.25) is 0 Å². The Kier molecular flexibility index (Phi) is 3.51. The average molecular weight is 199 g/mol. The molecular weight excluding hydrogens is 190 g/mol. The topological polar surface area (TPSA) is 68.0 Å². The van der Waals surface area contributed by atoms with E-state index in [9.17, 15) is 4.79 Å². The first-order chi connectivity index (χ1) is 6.20. The first-order valence-electron chi connectivity index (χ1n) is 3.56. The highest BCUT2D eigenvalue weighted by Gasteiger charge is 1.98. The second-order valence-corrected chi connectivity index (χ2v) is 3.20. The minimum atomic E-state index is -0.932. The average Bonchev–Trinajstić information content (AvgIpc) is 2.45. The van der Waals surface area contributed by atoms with E-state index in [1.54, 1.807) is 17.8 Å². The minimum Gasteiger partial charge on any atom is -0.478 e.